The second-order valence-corrected chi connectivity index (χ2v) is 7.25. The third kappa shape index (κ3) is 1.63. The molecule has 0 bridgehead atoms. The molecule has 1 N–H and O–H groups in total. The first kappa shape index (κ1) is 11.1. The van der Waals surface area contributed by atoms with E-state index in [-0.39, 0.29) is 0 Å². The Morgan fingerprint density at radius 3 is 1.81 bits per heavy atom. The second-order valence-electron chi connectivity index (χ2n) is 7.25. The van der Waals surface area contributed by atoms with Gasteiger partial charge >= 0.3 is 0 Å². The fraction of sp³-hybridized carbons (Fsp3) is 1.00. The van der Waals surface area contributed by atoms with Gasteiger partial charge in [-0.15, -0.1) is 0 Å². The molecule has 0 aromatic carbocycles. The SMILES string of the molecule is CC12CCCCC1NC1CCCCC1(C)C2. The zero-order valence-corrected chi connectivity index (χ0v) is 11.0. The van der Waals surface area contributed by atoms with Crippen LogP contribution in [0.4, 0.5) is 0 Å². The smallest absolute Gasteiger partial charge is 0.0124 e. The van der Waals surface area contributed by atoms with E-state index in [2.05, 4.69) is 19.2 Å². The average molecular weight is 221 g/mol. The van der Waals surface area contributed by atoms with E-state index in [0.717, 1.165) is 12.1 Å². The number of hydrogen-bond acceptors (Lipinski definition) is 1. The fourth-order valence-corrected chi connectivity index (χ4v) is 4.96. The van der Waals surface area contributed by atoms with Crippen LogP contribution in [0.3, 0.4) is 0 Å². The van der Waals surface area contributed by atoms with E-state index in [4.69, 9.17) is 0 Å². The molecule has 3 rings (SSSR count). The molecule has 0 amide bonds. The summed E-state index contributed by atoms with van der Waals surface area (Å²) in [6.45, 7) is 5.11. The molecule has 0 spiro atoms. The number of nitrogens with one attached hydrogen (secondary N) is 1. The minimum absolute atomic E-state index is 0.612. The maximum absolute atomic E-state index is 4.04. The van der Waals surface area contributed by atoms with Crippen LogP contribution in [0, 0.1) is 10.8 Å². The monoisotopic (exact) mass is 221 g/mol. The Labute approximate surface area is 100 Å². The van der Waals surface area contributed by atoms with Gasteiger partial charge in [0.15, 0.2) is 0 Å². The van der Waals surface area contributed by atoms with Crippen LogP contribution in [0.2, 0.25) is 0 Å². The highest BCUT2D eigenvalue weighted by molar-refractivity contribution is 5.06. The van der Waals surface area contributed by atoms with Gasteiger partial charge in [0.25, 0.3) is 0 Å². The molecule has 3 aliphatic rings. The van der Waals surface area contributed by atoms with E-state index in [1.165, 1.54) is 57.8 Å². The minimum Gasteiger partial charge on any atom is -0.310 e. The normalized spacial score (nSPS) is 52.9. The zero-order valence-electron chi connectivity index (χ0n) is 11.0. The highest BCUT2D eigenvalue weighted by Gasteiger charge is 2.51. The maximum atomic E-state index is 4.04. The molecular formula is C15H27N. The van der Waals surface area contributed by atoms with Gasteiger partial charge in [0.05, 0.1) is 0 Å². The third-order valence-electron chi connectivity index (χ3n) is 5.87. The molecule has 0 aromatic rings. The van der Waals surface area contributed by atoms with Crippen molar-refractivity contribution in [1.82, 2.24) is 5.32 Å². The number of piperidine rings is 1. The summed E-state index contributed by atoms with van der Waals surface area (Å²) in [4.78, 5) is 0. The molecular weight excluding hydrogens is 194 g/mol. The summed E-state index contributed by atoms with van der Waals surface area (Å²) in [5.74, 6) is 0. The number of fused-ring (bicyclic) bond motifs is 2. The lowest BCUT2D eigenvalue weighted by atomic mass is 9.55. The van der Waals surface area contributed by atoms with Crippen LogP contribution < -0.4 is 5.32 Å². The van der Waals surface area contributed by atoms with Crippen LogP contribution >= 0.6 is 0 Å². The van der Waals surface area contributed by atoms with Crippen molar-refractivity contribution < 1.29 is 0 Å². The van der Waals surface area contributed by atoms with Crippen LogP contribution in [0.15, 0.2) is 0 Å². The van der Waals surface area contributed by atoms with E-state index in [1.807, 2.05) is 0 Å². The Balaban J connectivity index is 1.84. The van der Waals surface area contributed by atoms with Crippen molar-refractivity contribution in [3.63, 3.8) is 0 Å². The molecule has 2 saturated carbocycles. The summed E-state index contributed by atoms with van der Waals surface area (Å²) >= 11 is 0. The summed E-state index contributed by atoms with van der Waals surface area (Å²) in [5.41, 5.74) is 1.22. The predicted molar refractivity (Wildman–Crippen MR) is 68.5 cm³/mol. The molecule has 16 heavy (non-hydrogen) atoms. The van der Waals surface area contributed by atoms with Gasteiger partial charge < -0.3 is 5.32 Å². The predicted octanol–water partition coefficient (Wildman–Crippen LogP) is 3.88. The Bertz CT molecular complexity index is 249. The van der Waals surface area contributed by atoms with Gasteiger partial charge in [-0.2, -0.15) is 0 Å². The molecule has 0 radical (unpaired) electrons. The average Bonchev–Trinajstić information content (AvgIpc) is 2.24. The molecule has 4 unspecified atom stereocenters. The topological polar surface area (TPSA) is 12.0 Å². The van der Waals surface area contributed by atoms with Crippen molar-refractivity contribution in [3.05, 3.63) is 0 Å². The molecule has 1 saturated heterocycles. The van der Waals surface area contributed by atoms with E-state index in [1.54, 1.807) is 0 Å². The molecule has 1 heteroatoms. The lowest BCUT2D eigenvalue weighted by Crippen LogP contribution is -2.62. The molecule has 0 aromatic heterocycles. The standard InChI is InChI=1S/C15H27N/c1-14-9-5-3-7-12(14)16-13-8-4-6-10-15(13,2)11-14/h12-13,16H,3-11H2,1-2H3. The van der Waals surface area contributed by atoms with Crippen LogP contribution in [-0.2, 0) is 0 Å². The van der Waals surface area contributed by atoms with E-state index in [9.17, 15) is 0 Å². The molecule has 2 aliphatic carbocycles. The van der Waals surface area contributed by atoms with Gasteiger partial charge in [-0.1, -0.05) is 39.5 Å². The van der Waals surface area contributed by atoms with Crippen molar-refractivity contribution in [2.75, 3.05) is 0 Å². The Morgan fingerprint density at radius 2 is 1.31 bits per heavy atom. The Morgan fingerprint density at radius 1 is 0.812 bits per heavy atom. The summed E-state index contributed by atoms with van der Waals surface area (Å²) in [6.07, 6.45) is 13.1. The summed E-state index contributed by atoms with van der Waals surface area (Å²) in [7, 11) is 0. The largest absolute Gasteiger partial charge is 0.310 e. The Hall–Kier alpha value is -0.0400. The molecule has 4 atom stereocenters. The fourth-order valence-electron chi connectivity index (χ4n) is 4.96. The third-order valence-corrected chi connectivity index (χ3v) is 5.87. The zero-order chi connectivity index (χ0) is 11.2. The van der Waals surface area contributed by atoms with Crippen LogP contribution in [0.25, 0.3) is 0 Å². The van der Waals surface area contributed by atoms with Crippen molar-refractivity contribution in [2.24, 2.45) is 10.8 Å². The first-order valence-electron chi connectivity index (χ1n) is 7.39. The molecule has 1 heterocycles. The van der Waals surface area contributed by atoms with Crippen LogP contribution in [0.1, 0.15) is 71.6 Å². The van der Waals surface area contributed by atoms with Gasteiger partial charge in [-0.25, -0.2) is 0 Å². The van der Waals surface area contributed by atoms with Gasteiger partial charge in [0.1, 0.15) is 0 Å². The van der Waals surface area contributed by atoms with Crippen LogP contribution in [-0.4, -0.2) is 12.1 Å². The van der Waals surface area contributed by atoms with Crippen molar-refractivity contribution >= 4 is 0 Å². The maximum Gasteiger partial charge on any atom is 0.0124 e. The van der Waals surface area contributed by atoms with E-state index in [0.29, 0.717) is 10.8 Å². The van der Waals surface area contributed by atoms with E-state index < -0.39 is 0 Å². The van der Waals surface area contributed by atoms with Crippen molar-refractivity contribution in [1.29, 1.82) is 0 Å². The summed E-state index contributed by atoms with van der Waals surface area (Å²) < 4.78 is 0. The molecule has 92 valence electrons. The van der Waals surface area contributed by atoms with Crippen molar-refractivity contribution in [3.8, 4) is 0 Å². The first-order chi connectivity index (χ1) is 7.62. The van der Waals surface area contributed by atoms with Gasteiger partial charge in [-0.3, -0.25) is 0 Å². The van der Waals surface area contributed by atoms with Gasteiger partial charge in [-0.05, 0) is 42.9 Å². The number of rotatable bonds is 0. The molecule has 1 nitrogen and oxygen atoms in total. The molecule has 1 aliphatic heterocycles. The highest BCUT2D eigenvalue weighted by Crippen LogP contribution is 2.53. The van der Waals surface area contributed by atoms with E-state index >= 15 is 0 Å². The van der Waals surface area contributed by atoms with Crippen molar-refractivity contribution in [2.45, 2.75) is 83.7 Å². The summed E-state index contributed by atoms with van der Waals surface area (Å²) in [6, 6.07) is 1.66. The Kier molecular flexibility index (Phi) is 2.58. The lowest BCUT2D eigenvalue weighted by Gasteiger charge is -2.58. The molecule has 3 fully saturated rings. The quantitative estimate of drug-likeness (QED) is 0.654. The van der Waals surface area contributed by atoms with Gasteiger partial charge in [0.2, 0.25) is 0 Å². The first-order valence-corrected chi connectivity index (χ1v) is 7.39. The lowest BCUT2D eigenvalue weighted by molar-refractivity contribution is -0.0309. The minimum atomic E-state index is 0.612. The second kappa shape index (κ2) is 3.73. The summed E-state index contributed by atoms with van der Waals surface area (Å²) in [5, 5.41) is 4.04. The number of hydrogen-bond donors (Lipinski definition) is 1. The highest BCUT2D eigenvalue weighted by atomic mass is 15.0. The van der Waals surface area contributed by atoms with Gasteiger partial charge in [0, 0.05) is 12.1 Å². The van der Waals surface area contributed by atoms with Crippen LogP contribution in [0.5, 0.6) is 0 Å².